The lowest BCUT2D eigenvalue weighted by atomic mass is 10.1. The van der Waals surface area contributed by atoms with Gasteiger partial charge in [0.1, 0.15) is 29.6 Å². The van der Waals surface area contributed by atoms with Gasteiger partial charge in [0.05, 0.1) is 13.0 Å². The lowest BCUT2D eigenvalue weighted by molar-refractivity contribution is -0.269. The lowest BCUT2D eigenvalue weighted by Crippen LogP contribution is -2.06. The second kappa shape index (κ2) is 9.23. The summed E-state index contributed by atoms with van der Waals surface area (Å²) >= 11 is 0. The van der Waals surface area contributed by atoms with Crippen LogP contribution in [0.3, 0.4) is 0 Å². The fourth-order valence-corrected chi connectivity index (χ4v) is 2.53. The van der Waals surface area contributed by atoms with Crippen LogP contribution in [0.25, 0.3) is 11.7 Å². The van der Waals surface area contributed by atoms with Crippen LogP contribution < -0.4 is 4.74 Å². The zero-order valence-corrected chi connectivity index (χ0v) is 16.2. The van der Waals surface area contributed by atoms with Gasteiger partial charge in [-0.1, -0.05) is 12.1 Å². The third-order valence-corrected chi connectivity index (χ3v) is 4.03. The number of oxazole rings is 1. The number of rotatable bonds is 9. The Kier molecular flexibility index (Phi) is 6.49. The maximum atomic E-state index is 11.4. The van der Waals surface area contributed by atoms with Crippen LogP contribution in [0.4, 0.5) is 0 Å². The van der Waals surface area contributed by atoms with E-state index in [4.69, 9.17) is 13.6 Å². The summed E-state index contributed by atoms with van der Waals surface area (Å²) in [5.41, 5.74) is 1.72. The maximum absolute atomic E-state index is 11.4. The van der Waals surface area contributed by atoms with Gasteiger partial charge in [0, 0.05) is 0 Å². The molecule has 7 heteroatoms. The van der Waals surface area contributed by atoms with Crippen molar-refractivity contribution >= 4 is 5.97 Å². The Labute approximate surface area is 163 Å². The van der Waals surface area contributed by atoms with Crippen LogP contribution in [0.2, 0.25) is 0 Å². The van der Waals surface area contributed by atoms with Gasteiger partial charge in [0.15, 0.2) is 5.76 Å². The summed E-state index contributed by atoms with van der Waals surface area (Å²) in [7, 11) is 0. The third kappa shape index (κ3) is 5.23. The van der Waals surface area contributed by atoms with Gasteiger partial charge in [-0.3, -0.25) is 4.89 Å². The molecule has 0 N–H and O–H groups in total. The molecule has 0 radical (unpaired) electrons. The van der Waals surface area contributed by atoms with E-state index in [0.717, 1.165) is 11.3 Å². The molecule has 0 unspecified atom stereocenters. The highest BCUT2D eigenvalue weighted by atomic mass is 17.2. The average molecular weight is 385 g/mol. The third-order valence-electron chi connectivity index (χ3n) is 4.03. The number of carbonyl (C=O) groups excluding carboxylic acids is 1. The van der Waals surface area contributed by atoms with Crippen molar-refractivity contribution in [3.05, 3.63) is 59.2 Å². The van der Waals surface area contributed by atoms with Crippen LogP contribution in [0.1, 0.15) is 36.1 Å². The smallest absolute Gasteiger partial charge is 0.342 e. The number of carbonyl (C=O) groups is 1. The van der Waals surface area contributed by atoms with E-state index < -0.39 is 0 Å². The molecule has 0 saturated carbocycles. The quantitative estimate of drug-likeness (QED) is 0.394. The monoisotopic (exact) mass is 385 g/mol. The van der Waals surface area contributed by atoms with Gasteiger partial charge in [0.25, 0.3) is 5.89 Å². The SMILES string of the molecule is CCOOC(=O)CCc1ccc(OCc2nc(-c3ccc(C)o3)oc2C)cc1. The molecular weight excluding hydrogens is 362 g/mol. The molecule has 0 saturated heterocycles. The molecule has 0 aliphatic carbocycles. The number of hydrogen-bond donors (Lipinski definition) is 0. The van der Waals surface area contributed by atoms with Crippen LogP contribution in [0, 0.1) is 13.8 Å². The highest BCUT2D eigenvalue weighted by molar-refractivity contribution is 5.69. The average Bonchev–Trinajstić information content (AvgIpc) is 3.29. The summed E-state index contributed by atoms with van der Waals surface area (Å²) in [6.45, 7) is 6.09. The summed E-state index contributed by atoms with van der Waals surface area (Å²) in [6, 6.07) is 11.2. The molecule has 0 atom stereocenters. The number of aromatic nitrogens is 1. The maximum Gasteiger partial charge on any atom is 0.342 e. The molecule has 1 aromatic carbocycles. The number of hydrogen-bond acceptors (Lipinski definition) is 7. The van der Waals surface area contributed by atoms with E-state index in [1.165, 1.54) is 0 Å². The van der Waals surface area contributed by atoms with Crippen molar-refractivity contribution in [3.63, 3.8) is 0 Å². The first-order valence-electron chi connectivity index (χ1n) is 9.12. The van der Waals surface area contributed by atoms with Crippen molar-refractivity contribution in [2.24, 2.45) is 0 Å². The molecule has 0 aliphatic rings. The number of ether oxygens (including phenoxy) is 1. The molecule has 0 amide bonds. The fraction of sp³-hybridized carbons (Fsp3) is 0.333. The van der Waals surface area contributed by atoms with Crippen LogP contribution >= 0.6 is 0 Å². The standard InChI is InChI=1S/C21H23NO6/c1-4-25-28-20(23)12-8-16-6-9-17(10-7-16)24-13-18-15(3)27-21(22-18)19-11-5-14(2)26-19/h5-7,9-11H,4,8,12-13H2,1-3H3. The van der Waals surface area contributed by atoms with Gasteiger partial charge in [-0.25, -0.2) is 9.78 Å². The minimum absolute atomic E-state index is 0.257. The Morgan fingerprint density at radius 2 is 1.86 bits per heavy atom. The van der Waals surface area contributed by atoms with E-state index in [9.17, 15) is 4.79 Å². The van der Waals surface area contributed by atoms with Gasteiger partial charge >= 0.3 is 5.97 Å². The van der Waals surface area contributed by atoms with E-state index in [-0.39, 0.29) is 19.0 Å². The largest absolute Gasteiger partial charge is 0.487 e. The molecule has 28 heavy (non-hydrogen) atoms. The summed E-state index contributed by atoms with van der Waals surface area (Å²) in [5, 5.41) is 0. The highest BCUT2D eigenvalue weighted by Crippen LogP contribution is 2.24. The van der Waals surface area contributed by atoms with Crippen molar-refractivity contribution in [2.75, 3.05) is 6.61 Å². The van der Waals surface area contributed by atoms with Crippen LogP contribution in [-0.2, 0) is 27.6 Å². The molecule has 3 aromatic rings. The Bertz CT molecular complexity index is 909. The minimum Gasteiger partial charge on any atom is -0.487 e. The van der Waals surface area contributed by atoms with Crippen molar-refractivity contribution in [1.82, 2.24) is 4.98 Å². The van der Waals surface area contributed by atoms with Crippen LogP contribution in [0.15, 0.2) is 45.2 Å². The molecule has 0 fully saturated rings. The summed E-state index contributed by atoms with van der Waals surface area (Å²) in [6.07, 6.45) is 0.827. The molecule has 7 nitrogen and oxygen atoms in total. The van der Waals surface area contributed by atoms with E-state index in [1.54, 1.807) is 6.92 Å². The predicted octanol–water partition coefficient (Wildman–Crippen LogP) is 4.56. The predicted molar refractivity (Wildman–Crippen MR) is 100 cm³/mol. The summed E-state index contributed by atoms with van der Waals surface area (Å²) in [4.78, 5) is 25.1. The van der Waals surface area contributed by atoms with Gasteiger partial charge in [-0.05, 0) is 57.0 Å². The molecule has 148 valence electrons. The van der Waals surface area contributed by atoms with Crippen molar-refractivity contribution in [1.29, 1.82) is 0 Å². The summed E-state index contributed by atoms with van der Waals surface area (Å²) < 4.78 is 17.0. The van der Waals surface area contributed by atoms with E-state index in [1.807, 2.05) is 50.2 Å². The topological polar surface area (TPSA) is 83.9 Å². The van der Waals surface area contributed by atoms with E-state index in [2.05, 4.69) is 14.8 Å². The Morgan fingerprint density at radius 1 is 1.07 bits per heavy atom. The Morgan fingerprint density at radius 3 is 2.54 bits per heavy atom. The first-order chi connectivity index (χ1) is 13.5. The zero-order chi connectivity index (χ0) is 19.9. The molecule has 0 spiro atoms. The molecule has 0 aliphatic heterocycles. The molecule has 3 rings (SSSR count). The van der Waals surface area contributed by atoms with Crippen molar-refractivity contribution < 1.29 is 28.1 Å². The molecule has 0 bridgehead atoms. The second-order valence-corrected chi connectivity index (χ2v) is 6.23. The molecular formula is C21H23NO6. The minimum atomic E-state index is -0.383. The second-order valence-electron chi connectivity index (χ2n) is 6.23. The van der Waals surface area contributed by atoms with Gasteiger partial charge in [-0.15, -0.1) is 0 Å². The van der Waals surface area contributed by atoms with E-state index in [0.29, 0.717) is 41.9 Å². The normalized spacial score (nSPS) is 10.8. The first kappa shape index (κ1) is 19.7. The zero-order valence-electron chi connectivity index (χ0n) is 16.2. The number of nitrogens with zero attached hydrogens (tertiary/aromatic N) is 1. The van der Waals surface area contributed by atoms with Crippen LogP contribution in [-0.4, -0.2) is 17.6 Å². The molecule has 2 heterocycles. The number of aryl methyl sites for hydroxylation is 3. The number of furan rings is 1. The highest BCUT2D eigenvalue weighted by Gasteiger charge is 2.14. The Balaban J connectivity index is 1.52. The van der Waals surface area contributed by atoms with Gasteiger partial charge in [-0.2, -0.15) is 4.89 Å². The van der Waals surface area contributed by atoms with Gasteiger partial charge < -0.3 is 13.6 Å². The molecule has 2 aromatic heterocycles. The number of benzene rings is 1. The van der Waals surface area contributed by atoms with E-state index >= 15 is 0 Å². The van der Waals surface area contributed by atoms with Crippen LogP contribution in [0.5, 0.6) is 5.75 Å². The Hall–Kier alpha value is -3.06. The van der Waals surface area contributed by atoms with Crippen molar-refractivity contribution in [3.8, 4) is 17.4 Å². The first-order valence-corrected chi connectivity index (χ1v) is 9.12. The fourth-order valence-electron chi connectivity index (χ4n) is 2.53. The van der Waals surface area contributed by atoms with Gasteiger partial charge in [0.2, 0.25) is 0 Å². The summed E-state index contributed by atoms with van der Waals surface area (Å²) in [5.74, 6) is 2.85. The van der Waals surface area contributed by atoms with Crippen molar-refractivity contribution in [2.45, 2.75) is 40.2 Å². The lowest BCUT2D eigenvalue weighted by Gasteiger charge is -2.06.